The zero-order valence-electron chi connectivity index (χ0n) is 8.63. The Kier molecular flexibility index (Phi) is 5.68. The van der Waals surface area contributed by atoms with Gasteiger partial charge in [0, 0.05) is 15.9 Å². The van der Waals surface area contributed by atoms with Crippen molar-refractivity contribution < 1.29 is 9.53 Å². The molecule has 1 aromatic heterocycles. The fraction of sp³-hybridized carbons (Fsp3) is 0.300. The quantitative estimate of drug-likeness (QED) is 0.640. The number of thiophene rings is 1. The van der Waals surface area contributed by atoms with Crippen molar-refractivity contribution in [1.82, 2.24) is 5.32 Å². The van der Waals surface area contributed by atoms with E-state index in [1.165, 1.54) is 18.4 Å². The number of hydrogen-bond donors (Lipinski definition) is 1. The van der Waals surface area contributed by atoms with Gasteiger partial charge in [-0.3, -0.25) is 5.32 Å². The zero-order valence-corrected chi connectivity index (χ0v) is 12.6. The molecule has 6 heteroatoms. The fourth-order valence-corrected chi connectivity index (χ4v) is 3.28. The van der Waals surface area contributed by atoms with Crippen molar-refractivity contribution in [3.63, 3.8) is 0 Å². The molecule has 0 aliphatic carbocycles. The monoisotopic (exact) mass is 367 g/mol. The molecule has 0 amide bonds. The van der Waals surface area contributed by atoms with Gasteiger partial charge in [-0.1, -0.05) is 6.08 Å². The van der Waals surface area contributed by atoms with Gasteiger partial charge in [0.05, 0.1) is 10.9 Å². The van der Waals surface area contributed by atoms with Gasteiger partial charge in [0.25, 0.3) is 0 Å². The van der Waals surface area contributed by atoms with Crippen LogP contribution < -0.4 is 5.32 Å². The second kappa shape index (κ2) is 6.54. The standard InChI is InChI=1S/C10H11Br2NO2S/c1-3-4-13-8(10(14)15-2)7-5-6(11)9(12)16-7/h3,5,8,13H,1,4H2,2H3. The summed E-state index contributed by atoms with van der Waals surface area (Å²) in [7, 11) is 1.38. The highest BCUT2D eigenvalue weighted by atomic mass is 79.9. The molecule has 88 valence electrons. The maximum absolute atomic E-state index is 11.6. The second-order valence-corrected chi connectivity index (χ2v) is 6.18. The van der Waals surface area contributed by atoms with Crippen LogP contribution in [0.3, 0.4) is 0 Å². The first-order valence-corrected chi connectivity index (χ1v) is 6.87. The van der Waals surface area contributed by atoms with Crippen LogP contribution >= 0.6 is 43.2 Å². The zero-order chi connectivity index (χ0) is 12.1. The van der Waals surface area contributed by atoms with Crippen LogP contribution in [0, 0.1) is 0 Å². The van der Waals surface area contributed by atoms with Crippen LogP contribution in [0.25, 0.3) is 0 Å². The molecule has 0 bridgehead atoms. The van der Waals surface area contributed by atoms with Crippen LogP contribution in [-0.4, -0.2) is 19.6 Å². The van der Waals surface area contributed by atoms with E-state index >= 15 is 0 Å². The number of methoxy groups -OCH3 is 1. The summed E-state index contributed by atoms with van der Waals surface area (Å²) < 4.78 is 6.64. The summed E-state index contributed by atoms with van der Waals surface area (Å²) in [5.41, 5.74) is 0. The highest BCUT2D eigenvalue weighted by Crippen LogP contribution is 2.35. The fourth-order valence-electron chi connectivity index (χ4n) is 1.12. The first-order chi connectivity index (χ1) is 7.60. The van der Waals surface area contributed by atoms with Crippen molar-refractivity contribution >= 4 is 49.2 Å². The van der Waals surface area contributed by atoms with Gasteiger partial charge in [-0.2, -0.15) is 0 Å². The lowest BCUT2D eigenvalue weighted by molar-refractivity contribution is -0.143. The third-order valence-electron chi connectivity index (χ3n) is 1.85. The number of esters is 1. The third-order valence-corrected chi connectivity index (χ3v) is 5.17. The van der Waals surface area contributed by atoms with E-state index in [9.17, 15) is 4.79 Å². The van der Waals surface area contributed by atoms with Crippen LogP contribution in [0.2, 0.25) is 0 Å². The molecular formula is C10H11Br2NO2S. The Bertz CT molecular complexity index is 373. The van der Waals surface area contributed by atoms with Gasteiger partial charge >= 0.3 is 5.97 Å². The molecule has 1 unspecified atom stereocenters. The summed E-state index contributed by atoms with van der Waals surface area (Å²) >= 11 is 8.27. The van der Waals surface area contributed by atoms with Crippen LogP contribution in [-0.2, 0) is 9.53 Å². The normalized spacial score (nSPS) is 12.2. The molecule has 1 heterocycles. The molecular weight excluding hydrogens is 358 g/mol. The minimum absolute atomic E-state index is 0.303. The van der Waals surface area contributed by atoms with Crippen molar-refractivity contribution in [3.05, 3.63) is 31.9 Å². The van der Waals surface area contributed by atoms with Gasteiger partial charge in [-0.15, -0.1) is 17.9 Å². The van der Waals surface area contributed by atoms with E-state index in [1.807, 2.05) is 6.07 Å². The number of rotatable bonds is 5. The number of halogens is 2. The maximum Gasteiger partial charge on any atom is 0.328 e. The Labute approximate surface area is 115 Å². The topological polar surface area (TPSA) is 38.3 Å². The van der Waals surface area contributed by atoms with E-state index in [-0.39, 0.29) is 5.97 Å². The summed E-state index contributed by atoms with van der Waals surface area (Å²) in [4.78, 5) is 12.5. The van der Waals surface area contributed by atoms with E-state index in [2.05, 4.69) is 43.8 Å². The second-order valence-electron chi connectivity index (χ2n) is 2.92. The third kappa shape index (κ3) is 3.41. The van der Waals surface area contributed by atoms with Crippen molar-refractivity contribution in [2.45, 2.75) is 6.04 Å². The van der Waals surface area contributed by atoms with Gasteiger partial charge in [-0.05, 0) is 37.9 Å². The van der Waals surface area contributed by atoms with Crippen LogP contribution in [0.1, 0.15) is 10.9 Å². The summed E-state index contributed by atoms with van der Waals surface area (Å²) in [6.45, 7) is 4.15. The molecule has 1 N–H and O–H groups in total. The van der Waals surface area contributed by atoms with E-state index in [4.69, 9.17) is 4.74 Å². The molecule has 0 aliphatic heterocycles. The number of carbonyl (C=O) groups excluding carboxylic acids is 1. The van der Waals surface area contributed by atoms with Crippen LogP contribution in [0.5, 0.6) is 0 Å². The average molecular weight is 369 g/mol. The molecule has 0 fully saturated rings. The molecule has 0 saturated carbocycles. The minimum atomic E-state index is -0.449. The largest absolute Gasteiger partial charge is 0.468 e. The Morgan fingerprint density at radius 1 is 1.75 bits per heavy atom. The van der Waals surface area contributed by atoms with Gasteiger partial charge in [0.2, 0.25) is 0 Å². The van der Waals surface area contributed by atoms with Crippen LogP contribution in [0.4, 0.5) is 0 Å². The van der Waals surface area contributed by atoms with E-state index in [0.29, 0.717) is 6.54 Å². The number of nitrogens with one attached hydrogen (secondary N) is 1. The van der Waals surface area contributed by atoms with E-state index < -0.39 is 6.04 Å². The highest BCUT2D eigenvalue weighted by molar-refractivity contribution is 9.13. The molecule has 0 saturated heterocycles. The SMILES string of the molecule is C=CCNC(C(=O)OC)c1cc(Br)c(Br)s1. The average Bonchev–Trinajstić information content (AvgIpc) is 2.59. The van der Waals surface area contributed by atoms with Gasteiger partial charge < -0.3 is 4.74 Å². The Hall–Kier alpha value is -0.170. The number of hydrogen-bond acceptors (Lipinski definition) is 4. The predicted molar refractivity (Wildman–Crippen MR) is 72.7 cm³/mol. The van der Waals surface area contributed by atoms with E-state index in [1.54, 1.807) is 6.08 Å². The summed E-state index contributed by atoms with van der Waals surface area (Å²) in [5.74, 6) is -0.303. The lowest BCUT2D eigenvalue weighted by Crippen LogP contribution is -2.28. The Morgan fingerprint density at radius 3 is 2.88 bits per heavy atom. The van der Waals surface area contributed by atoms with Crippen molar-refractivity contribution in [2.75, 3.05) is 13.7 Å². The maximum atomic E-state index is 11.6. The predicted octanol–water partition coefficient (Wildman–Crippen LogP) is 3.26. The molecule has 0 aromatic carbocycles. The van der Waals surface area contributed by atoms with Crippen LogP contribution in [0.15, 0.2) is 27.0 Å². The lowest BCUT2D eigenvalue weighted by atomic mass is 10.2. The molecule has 1 rings (SSSR count). The molecule has 3 nitrogen and oxygen atoms in total. The number of ether oxygens (including phenoxy) is 1. The summed E-state index contributed by atoms with van der Waals surface area (Å²) in [6.07, 6.45) is 1.70. The van der Waals surface area contributed by atoms with Gasteiger partial charge in [0.15, 0.2) is 0 Å². The molecule has 16 heavy (non-hydrogen) atoms. The van der Waals surface area contributed by atoms with Crippen molar-refractivity contribution in [2.24, 2.45) is 0 Å². The Morgan fingerprint density at radius 2 is 2.44 bits per heavy atom. The first kappa shape index (κ1) is 13.9. The smallest absolute Gasteiger partial charge is 0.328 e. The summed E-state index contributed by atoms with van der Waals surface area (Å²) in [5, 5.41) is 3.05. The first-order valence-electron chi connectivity index (χ1n) is 4.47. The molecule has 1 aromatic rings. The minimum Gasteiger partial charge on any atom is -0.468 e. The summed E-state index contributed by atoms with van der Waals surface area (Å²) in [6, 6.07) is 1.45. The van der Waals surface area contributed by atoms with Crippen molar-refractivity contribution in [1.29, 1.82) is 0 Å². The van der Waals surface area contributed by atoms with E-state index in [0.717, 1.165) is 13.1 Å². The molecule has 1 atom stereocenters. The van der Waals surface area contributed by atoms with Gasteiger partial charge in [0.1, 0.15) is 6.04 Å². The lowest BCUT2D eigenvalue weighted by Gasteiger charge is -2.13. The Balaban J connectivity index is 2.91. The highest BCUT2D eigenvalue weighted by Gasteiger charge is 2.23. The molecule has 0 spiro atoms. The van der Waals surface area contributed by atoms with Gasteiger partial charge in [-0.25, -0.2) is 4.79 Å². The van der Waals surface area contributed by atoms with Crippen molar-refractivity contribution in [3.8, 4) is 0 Å². The molecule has 0 radical (unpaired) electrons. The molecule has 0 aliphatic rings. The number of carbonyl (C=O) groups is 1.